The molecule has 0 unspecified atom stereocenters. The Morgan fingerprint density at radius 1 is 1.14 bits per heavy atom. The zero-order valence-electron chi connectivity index (χ0n) is 16.7. The number of hydrazone groups is 1. The first-order chi connectivity index (χ1) is 14.1. The number of methoxy groups -OCH3 is 1. The molecule has 0 bridgehead atoms. The van der Waals surface area contributed by atoms with E-state index in [4.69, 9.17) is 4.74 Å². The summed E-state index contributed by atoms with van der Waals surface area (Å²) in [5.74, 6) is 0.715. The summed E-state index contributed by atoms with van der Waals surface area (Å²) in [6, 6.07) is 17.4. The van der Waals surface area contributed by atoms with Crippen molar-refractivity contribution in [1.29, 1.82) is 0 Å². The first kappa shape index (κ1) is 19.2. The predicted molar refractivity (Wildman–Crippen MR) is 111 cm³/mol. The Morgan fingerprint density at radius 2 is 1.90 bits per heavy atom. The molecule has 0 saturated heterocycles. The van der Waals surface area contributed by atoms with Crippen LogP contribution < -0.4 is 4.74 Å². The summed E-state index contributed by atoms with van der Waals surface area (Å²) in [6.07, 6.45) is 2.46. The van der Waals surface area contributed by atoms with Gasteiger partial charge < -0.3 is 9.64 Å². The lowest BCUT2D eigenvalue weighted by molar-refractivity contribution is -0.141. The molecule has 0 radical (unpaired) electrons. The topological polar surface area (TPSA) is 62.2 Å². The van der Waals surface area contributed by atoms with E-state index < -0.39 is 0 Å². The highest BCUT2D eigenvalue weighted by molar-refractivity contribution is 6.03. The summed E-state index contributed by atoms with van der Waals surface area (Å²) in [4.78, 5) is 26.9. The number of hydrogen-bond donors (Lipinski definition) is 0. The summed E-state index contributed by atoms with van der Waals surface area (Å²) in [7, 11) is 3.32. The monoisotopic (exact) mass is 391 g/mol. The molecule has 1 aliphatic carbocycles. The lowest BCUT2D eigenvalue weighted by Gasteiger charge is -2.25. The number of carbonyl (C=O) groups is 2. The molecule has 2 aliphatic rings. The molecule has 2 aromatic carbocycles. The van der Waals surface area contributed by atoms with Gasteiger partial charge in [0.2, 0.25) is 5.91 Å². The average Bonchev–Trinajstić information content (AvgIpc) is 3.51. The van der Waals surface area contributed by atoms with Gasteiger partial charge in [0.15, 0.2) is 0 Å². The smallest absolute Gasteiger partial charge is 0.262 e. The number of amides is 2. The van der Waals surface area contributed by atoms with Gasteiger partial charge in [-0.1, -0.05) is 42.5 Å². The molecule has 150 valence electrons. The highest BCUT2D eigenvalue weighted by atomic mass is 16.5. The SMILES string of the molecule is COc1cccc(C2=NN(C(=O)CN(C)C(=O)C3CC3)[C@H](c3ccccc3)C2)c1. The largest absolute Gasteiger partial charge is 0.497 e. The number of ether oxygens (including phenoxy) is 1. The second kappa shape index (κ2) is 8.07. The number of hydrogen-bond acceptors (Lipinski definition) is 4. The van der Waals surface area contributed by atoms with Gasteiger partial charge in [-0.15, -0.1) is 0 Å². The molecule has 4 rings (SSSR count). The summed E-state index contributed by atoms with van der Waals surface area (Å²) in [6.45, 7) is 0.0353. The number of nitrogens with zero attached hydrogens (tertiary/aromatic N) is 3. The van der Waals surface area contributed by atoms with Gasteiger partial charge in [0.25, 0.3) is 5.91 Å². The molecule has 6 heteroatoms. The van der Waals surface area contributed by atoms with Crippen molar-refractivity contribution in [3.8, 4) is 5.75 Å². The third-order valence-electron chi connectivity index (χ3n) is 5.43. The van der Waals surface area contributed by atoms with Crippen LogP contribution in [0.25, 0.3) is 0 Å². The Labute approximate surface area is 170 Å². The molecule has 0 aromatic heterocycles. The van der Waals surface area contributed by atoms with E-state index in [-0.39, 0.29) is 30.3 Å². The molecule has 1 heterocycles. The van der Waals surface area contributed by atoms with Crippen LogP contribution in [0.5, 0.6) is 5.75 Å². The first-order valence-corrected chi connectivity index (χ1v) is 9.90. The molecule has 2 aromatic rings. The average molecular weight is 391 g/mol. The van der Waals surface area contributed by atoms with Gasteiger partial charge >= 0.3 is 0 Å². The van der Waals surface area contributed by atoms with Crippen molar-refractivity contribution in [3.63, 3.8) is 0 Å². The van der Waals surface area contributed by atoms with Crippen molar-refractivity contribution in [1.82, 2.24) is 9.91 Å². The van der Waals surface area contributed by atoms with E-state index in [0.717, 1.165) is 35.4 Å². The maximum Gasteiger partial charge on any atom is 0.262 e. The second-order valence-electron chi connectivity index (χ2n) is 7.62. The fraction of sp³-hybridized carbons (Fsp3) is 0.348. The van der Waals surface area contributed by atoms with Crippen LogP contribution in [0.1, 0.15) is 36.4 Å². The maximum absolute atomic E-state index is 13.1. The lowest BCUT2D eigenvalue weighted by Crippen LogP contribution is -2.39. The molecule has 1 fully saturated rings. The number of carbonyl (C=O) groups excluding carboxylic acids is 2. The van der Waals surface area contributed by atoms with E-state index in [1.54, 1.807) is 19.2 Å². The second-order valence-corrected chi connectivity index (χ2v) is 7.62. The van der Waals surface area contributed by atoms with E-state index in [0.29, 0.717) is 6.42 Å². The first-order valence-electron chi connectivity index (χ1n) is 9.90. The van der Waals surface area contributed by atoms with Gasteiger partial charge in [-0.05, 0) is 30.5 Å². The van der Waals surface area contributed by atoms with E-state index in [9.17, 15) is 9.59 Å². The third-order valence-corrected chi connectivity index (χ3v) is 5.43. The molecular formula is C23H25N3O3. The van der Waals surface area contributed by atoms with Crippen LogP contribution in [-0.4, -0.2) is 48.1 Å². The summed E-state index contributed by atoms with van der Waals surface area (Å²) in [5.41, 5.74) is 2.80. The van der Waals surface area contributed by atoms with Crippen molar-refractivity contribution in [2.45, 2.75) is 25.3 Å². The summed E-state index contributed by atoms with van der Waals surface area (Å²) in [5, 5.41) is 6.21. The molecule has 29 heavy (non-hydrogen) atoms. The highest BCUT2D eigenvalue weighted by Crippen LogP contribution is 2.34. The number of rotatable bonds is 6. The molecule has 6 nitrogen and oxygen atoms in total. The lowest BCUT2D eigenvalue weighted by atomic mass is 9.98. The van der Waals surface area contributed by atoms with Crippen LogP contribution in [0.4, 0.5) is 0 Å². The van der Waals surface area contributed by atoms with Crippen molar-refractivity contribution in [2.75, 3.05) is 20.7 Å². The Kier molecular flexibility index (Phi) is 5.34. The predicted octanol–water partition coefficient (Wildman–Crippen LogP) is 3.24. The summed E-state index contributed by atoms with van der Waals surface area (Å²) >= 11 is 0. The molecule has 0 N–H and O–H groups in total. The van der Waals surface area contributed by atoms with Gasteiger partial charge in [-0.2, -0.15) is 5.10 Å². The fourth-order valence-electron chi connectivity index (χ4n) is 3.65. The van der Waals surface area contributed by atoms with Crippen LogP contribution in [0.15, 0.2) is 59.7 Å². The van der Waals surface area contributed by atoms with Crippen LogP contribution in [0.2, 0.25) is 0 Å². The van der Waals surface area contributed by atoms with Gasteiger partial charge in [0.05, 0.1) is 18.9 Å². The molecule has 1 aliphatic heterocycles. The minimum atomic E-state index is -0.186. The maximum atomic E-state index is 13.1. The van der Waals surface area contributed by atoms with Crippen molar-refractivity contribution in [3.05, 3.63) is 65.7 Å². The van der Waals surface area contributed by atoms with E-state index in [2.05, 4.69) is 5.10 Å². The Morgan fingerprint density at radius 3 is 2.59 bits per heavy atom. The minimum absolute atomic E-state index is 0.0353. The van der Waals surface area contributed by atoms with Crippen LogP contribution in [0, 0.1) is 5.92 Å². The Bertz CT molecular complexity index is 937. The molecule has 0 spiro atoms. The molecule has 2 amide bonds. The highest BCUT2D eigenvalue weighted by Gasteiger charge is 2.36. The van der Waals surface area contributed by atoms with E-state index in [1.165, 1.54) is 4.90 Å². The van der Waals surface area contributed by atoms with Crippen LogP contribution in [0.3, 0.4) is 0 Å². The minimum Gasteiger partial charge on any atom is -0.497 e. The van der Waals surface area contributed by atoms with Crippen LogP contribution in [-0.2, 0) is 9.59 Å². The fourth-order valence-corrected chi connectivity index (χ4v) is 3.65. The standard InChI is InChI=1S/C23H25N3O3/c1-25(23(28)17-11-12-17)15-22(27)26-21(16-7-4-3-5-8-16)14-20(24-26)18-9-6-10-19(13-18)29-2/h3-10,13,17,21H,11-12,14-15H2,1-2H3/t21-/m0/s1. The Hall–Kier alpha value is -3.15. The number of benzene rings is 2. The van der Waals surface area contributed by atoms with Gasteiger partial charge in [-0.25, -0.2) is 5.01 Å². The zero-order chi connectivity index (χ0) is 20.4. The normalized spacial score (nSPS) is 18.3. The molecule has 1 saturated carbocycles. The van der Waals surface area contributed by atoms with Crippen molar-refractivity contribution >= 4 is 17.5 Å². The van der Waals surface area contributed by atoms with Crippen molar-refractivity contribution < 1.29 is 14.3 Å². The van der Waals surface area contributed by atoms with Crippen molar-refractivity contribution in [2.24, 2.45) is 11.0 Å². The Balaban J connectivity index is 1.59. The quantitative estimate of drug-likeness (QED) is 0.759. The van der Waals surface area contributed by atoms with E-state index in [1.807, 2.05) is 54.6 Å². The molecule has 1 atom stereocenters. The molecular weight excluding hydrogens is 366 g/mol. The van der Waals surface area contributed by atoms with Crippen LogP contribution >= 0.6 is 0 Å². The number of likely N-dealkylation sites (N-methyl/N-ethyl adjacent to an activating group) is 1. The van der Waals surface area contributed by atoms with Gasteiger partial charge in [-0.3, -0.25) is 9.59 Å². The van der Waals surface area contributed by atoms with Gasteiger partial charge in [0, 0.05) is 24.9 Å². The van der Waals surface area contributed by atoms with E-state index >= 15 is 0 Å². The summed E-state index contributed by atoms with van der Waals surface area (Å²) < 4.78 is 5.33. The third kappa shape index (κ3) is 4.16. The zero-order valence-corrected chi connectivity index (χ0v) is 16.7. The van der Waals surface area contributed by atoms with Gasteiger partial charge in [0.1, 0.15) is 12.3 Å².